The largest absolute Gasteiger partial charge is 0.346 e. The van der Waals surface area contributed by atoms with E-state index in [0.29, 0.717) is 23.2 Å². The fourth-order valence-electron chi connectivity index (χ4n) is 2.62. The number of carbonyl (C=O) groups excluding carboxylic acids is 1. The Balaban J connectivity index is 1.65. The summed E-state index contributed by atoms with van der Waals surface area (Å²) in [5.41, 5.74) is 1.76. The number of carbonyl (C=O) groups is 1. The lowest BCUT2D eigenvalue weighted by Gasteiger charge is -2.14. The third kappa shape index (κ3) is 4.25. The summed E-state index contributed by atoms with van der Waals surface area (Å²) in [5.74, 6) is 0.542. The Labute approximate surface area is 151 Å². The van der Waals surface area contributed by atoms with Gasteiger partial charge in [0, 0.05) is 10.6 Å². The number of aromatic nitrogens is 2. The molecule has 1 amide bonds. The Hall–Kier alpha value is -2.66. The number of amides is 1. The quantitative estimate of drug-likeness (QED) is 0.719. The van der Waals surface area contributed by atoms with Crippen LogP contribution in [0.25, 0.3) is 11.4 Å². The summed E-state index contributed by atoms with van der Waals surface area (Å²) in [7, 11) is 0. The van der Waals surface area contributed by atoms with Gasteiger partial charge in [0.2, 0.25) is 17.6 Å². The van der Waals surface area contributed by atoms with Crippen molar-refractivity contribution in [2.45, 2.75) is 25.8 Å². The van der Waals surface area contributed by atoms with Crippen LogP contribution >= 0.6 is 11.6 Å². The zero-order valence-corrected chi connectivity index (χ0v) is 14.5. The fourth-order valence-corrected chi connectivity index (χ4v) is 2.81. The van der Waals surface area contributed by atoms with Crippen molar-refractivity contribution in [3.8, 4) is 11.4 Å². The highest BCUT2D eigenvalue weighted by Crippen LogP contribution is 2.21. The van der Waals surface area contributed by atoms with Crippen molar-refractivity contribution < 1.29 is 9.32 Å². The zero-order chi connectivity index (χ0) is 17.6. The molecule has 3 aromatic rings. The first kappa shape index (κ1) is 17.2. The van der Waals surface area contributed by atoms with Crippen molar-refractivity contribution in [1.29, 1.82) is 0 Å². The number of hydrogen-bond acceptors (Lipinski definition) is 4. The van der Waals surface area contributed by atoms with Gasteiger partial charge in [-0.25, -0.2) is 0 Å². The summed E-state index contributed by atoms with van der Waals surface area (Å²) < 4.78 is 5.21. The molecule has 1 atom stereocenters. The minimum absolute atomic E-state index is 0.0591. The maximum atomic E-state index is 12.5. The Morgan fingerprint density at radius 3 is 2.72 bits per heavy atom. The molecular weight excluding hydrogens is 338 g/mol. The highest BCUT2D eigenvalue weighted by atomic mass is 35.5. The normalized spacial score (nSPS) is 11.9. The van der Waals surface area contributed by atoms with E-state index in [-0.39, 0.29) is 18.4 Å². The summed E-state index contributed by atoms with van der Waals surface area (Å²) >= 11 is 5.97. The average molecular weight is 356 g/mol. The van der Waals surface area contributed by atoms with Gasteiger partial charge in [-0.1, -0.05) is 66.1 Å². The second kappa shape index (κ2) is 7.94. The van der Waals surface area contributed by atoms with Crippen molar-refractivity contribution in [3.63, 3.8) is 0 Å². The predicted molar refractivity (Wildman–Crippen MR) is 96.1 cm³/mol. The van der Waals surface area contributed by atoms with Crippen LogP contribution < -0.4 is 5.32 Å². The van der Waals surface area contributed by atoms with E-state index in [9.17, 15) is 4.79 Å². The monoisotopic (exact) mass is 355 g/mol. The zero-order valence-electron chi connectivity index (χ0n) is 13.8. The smallest absolute Gasteiger partial charge is 0.246 e. The van der Waals surface area contributed by atoms with Gasteiger partial charge in [0.05, 0.1) is 12.5 Å². The van der Waals surface area contributed by atoms with Crippen LogP contribution in [0.15, 0.2) is 59.1 Å². The molecule has 0 saturated carbocycles. The van der Waals surface area contributed by atoms with Crippen LogP contribution in [0.5, 0.6) is 0 Å². The van der Waals surface area contributed by atoms with Gasteiger partial charge in [0.25, 0.3) is 0 Å². The van der Waals surface area contributed by atoms with E-state index in [1.54, 1.807) is 12.1 Å². The van der Waals surface area contributed by atoms with E-state index in [2.05, 4.69) is 15.5 Å². The summed E-state index contributed by atoms with van der Waals surface area (Å²) in [6, 6.07) is 16.9. The van der Waals surface area contributed by atoms with Crippen LogP contribution in [0.1, 0.15) is 30.7 Å². The van der Waals surface area contributed by atoms with Gasteiger partial charge in [0.1, 0.15) is 0 Å². The SMILES string of the molecule is CCC(C(=O)NCc1nc(-c2cccc(Cl)c2)no1)c1ccccc1. The van der Waals surface area contributed by atoms with Crippen molar-refractivity contribution >= 4 is 17.5 Å². The molecule has 2 aromatic carbocycles. The van der Waals surface area contributed by atoms with Crippen LogP contribution in [0.3, 0.4) is 0 Å². The molecular formula is C19H18ClN3O2. The van der Waals surface area contributed by atoms with E-state index in [1.165, 1.54) is 0 Å². The van der Waals surface area contributed by atoms with E-state index in [4.69, 9.17) is 16.1 Å². The molecule has 0 bridgehead atoms. The van der Waals surface area contributed by atoms with Crippen molar-refractivity contribution in [1.82, 2.24) is 15.5 Å². The summed E-state index contributed by atoms with van der Waals surface area (Å²) in [5, 5.41) is 7.40. The Bertz CT molecular complexity index is 849. The van der Waals surface area contributed by atoms with Crippen molar-refractivity contribution in [2.24, 2.45) is 0 Å². The first-order valence-electron chi connectivity index (χ1n) is 8.08. The van der Waals surface area contributed by atoms with Crippen molar-refractivity contribution in [2.75, 3.05) is 0 Å². The van der Waals surface area contributed by atoms with Crippen LogP contribution in [0.2, 0.25) is 5.02 Å². The first-order chi connectivity index (χ1) is 12.2. The van der Waals surface area contributed by atoms with E-state index in [1.807, 2.05) is 49.4 Å². The molecule has 25 heavy (non-hydrogen) atoms. The number of nitrogens with one attached hydrogen (secondary N) is 1. The molecule has 0 radical (unpaired) electrons. The summed E-state index contributed by atoms with van der Waals surface area (Å²) in [6.45, 7) is 2.18. The summed E-state index contributed by atoms with van der Waals surface area (Å²) in [4.78, 5) is 16.8. The average Bonchev–Trinajstić information content (AvgIpc) is 3.11. The number of benzene rings is 2. The lowest BCUT2D eigenvalue weighted by Crippen LogP contribution is -2.28. The highest BCUT2D eigenvalue weighted by Gasteiger charge is 2.19. The molecule has 5 nitrogen and oxygen atoms in total. The van der Waals surface area contributed by atoms with Crippen LogP contribution in [0, 0.1) is 0 Å². The Morgan fingerprint density at radius 2 is 2.00 bits per heavy atom. The van der Waals surface area contributed by atoms with Gasteiger partial charge >= 0.3 is 0 Å². The third-order valence-corrected chi connectivity index (χ3v) is 4.13. The molecule has 6 heteroatoms. The lowest BCUT2D eigenvalue weighted by molar-refractivity contribution is -0.122. The second-order valence-electron chi connectivity index (χ2n) is 5.61. The Kier molecular flexibility index (Phi) is 5.46. The highest BCUT2D eigenvalue weighted by molar-refractivity contribution is 6.30. The molecule has 0 aliphatic carbocycles. The van der Waals surface area contributed by atoms with Crippen LogP contribution in [-0.2, 0) is 11.3 Å². The molecule has 1 N–H and O–H groups in total. The maximum absolute atomic E-state index is 12.5. The molecule has 1 unspecified atom stereocenters. The fraction of sp³-hybridized carbons (Fsp3) is 0.211. The van der Waals surface area contributed by atoms with Gasteiger partial charge in [-0.3, -0.25) is 4.79 Å². The first-order valence-corrected chi connectivity index (χ1v) is 8.46. The number of nitrogens with zero attached hydrogens (tertiary/aromatic N) is 2. The minimum Gasteiger partial charge on any atom is -0.346 e. The van der Waals surface area contributed by atoms with Gasteiger partial charge in [-0.15, -0.1) is 0 Å². The minimum atomic E-state index is -0.198. The van der Waals surface area contributed by atoms with Gasteiger partial charge in [0.15, 0.2) is 0 Å². The number of halogens is 1. The third-order valence-electron chi connectivity index (χ3n) is 3.89. The van der Waals surface area contributed by atoms with E-state index >= 15 is 0 Å². The van der Waals surface area contributed by atoms with Gasteiger partial charge in [-0.05, 0) is 24.1 Å². The Morgan fingerprint density at radius 1 is 1.20 bits per heavy atom. The molecule has 1 aromatic heterocycles. The van der Waals surface area contributed by atoms with E-state index < -0.39 is 0 Å². The van der Waals surface area contributed by atoms with Crippen molar-refractivity contribution in [3.05, 3.63) is 71.1 Å². The molecule has 3 rings (SSSR count). The lowest BCUT2D eigenvalue weighted by atomic mass is 9.96. The molecule has 0 spiro atoms. The molecule has 0 aliphatic heterocycles. The van der Waals surface area contributed by atoms with Crippen LogP contribution in [0.4, 0.5) is 0 Å². The summed E-state index contributed by atoms with van der Waals surface area (Å²) in [6.07, 6.45) is 0.716. The molecule has 0 fully saturated rings. The van der Waals surface area contributed by atoms with Gasteiger partial charge < -0.3 is 9.84 Å². The predicted octanol–water partition coefficient (Wildman–Crippen LogP) is 4.20. The number of rotatable bonds is 6. The molecule has 128 valence electrons. The molecule has 1 heterocycles. The standard InChI is InChI=1S/C19H18ClN3O2/c1-2-16(13-7-4-3-5-8-13)19(24)21-12-17-22-18(23-25-17)14-9-6-10-15(20)11-14/h3-11,16H,2,12H2,1H3,(H,21,24). The maximum Gasteiger partial charge on any atom is 0.246 e. The van der Waals surface area contributed by atoms with Gasteiger partial charge in [-0.2, -0.15) is 4.98 Å². The second-order valence-corrected chi connectivity index (χ2v) is 6.05. The number of hydrogen-bond donors (Lipinski definition) is 1. The topological polar surface area (TPSA) is 68.0 Å². The van der Waals surface area contributed by atoms with Crippen LogP contribution in [-0.4, -0.2) is 16.0 Å². The molecule has 0 saturated heterocycles. The van der Waals surface area contributed by atoms with E-state index in [0.717, 1.165) is 11.1 Å². The molecule has 0 aliphatic rings.